The molecule has 0 spiro atoms. The van der Waals surface area contributed by atoms with E-state index in [0.717, 1.165) is 30.0 Å². The molecule has 0 fully saturated rings. The molecule has 0 bridgehead atoms. The van der Waals surface area contributed by atoms with E-state index in [1.807, 2.05) is 0 Å². The molecule has 0 unspecified atom stereocenters. The molecule has 1 rings (SSSR count). The van der Waals surface area contributed by atoms with Crippen molar-refractivity contribution in [2.75, 3.05) is 12.3 Å². The van der Waals surface area contributed by atoms with Crippen LogP contribution in [0, 0.1) is 6.92 Å². The summed E-state index contributed by atoms with van der Waals surface area (Å²) in [5, 5.41) is 3.28. The van der Waals surface area contributed by atoms with Crippen molar-refractivity contribution in [1.29, 1.82) is 0 Å². The summed E-state index contributed by atoms with van der Waals surface area (Å²) in [6.45, 7) is 7.02. The quantitative estimate of drug-likeness (QED) is 0.559. The van der Waals surface area contributed by atoms with Gasteiger partial charge < -0.3 is 5.32 Å². The molecule has 0 radical (unpaired) electrons. The molecule has 76 valence electrons. The fraction of sp³-hybridized carbons (Fsp3) is 0.333. The van der Waals surface area contributed by atoms with Gasteiger partial charge >= 0.3 is 0 Å². The molecule has 1 aromatic rings. The van der Waals surface area contributed by atoms with Crippen molar-refractivity contribution in [3.8, 4) is 0 Å². The van der Waals surface area contributed by atoms with E-state index in [0.29, 0.717) is 0 Å². The number of hydrogen-bond donors (Lipinski definition) is 2. The van der Waals surface area contributed by atoms with E-state index in [1.54, 1.807) is 0 Å². The van der Waals surface area contributed by atoms with Crippen LogP contribution in [0.5, 0.6) is 0 Å². The second-order valence-corrected chi connectivity index (χ2v) is 3.80. The zero-order chi connectivity index (χ0) is 10.4. The van der Waals surface area contributed by atoms with E-state index in [2.05, 4.69) is 55.7 Å². The number of thiol groups is 1. The van der Waals surface area contributed by atoms with Crippen LogP contribution in [-0.4, -0.2) is 12.3 Å². The fourth-order valence-electron chi connectivity index (χ4n) is 1.18. The molecule has 0 aromatic heterocycles. The Kier molecular flexibility index (Phi) is 4.60. The van der Waals surface area contributed by atoms with E-state index in [4.69, 9.17) is 0 Å². The topological polar surface area (TPSA) is 12.0 Å². The summed E-state index contributed by atoms with van der Waals surface area (Å²) in [4.78, 5) is 0. The lowest BCUT2D eigenvalue weighted by Gasteiger charge is -2.08. The first-order valence-electron chi connectivity index (χ1n) is 4.84. The second kappa shape index (κ2) is 5.76. The van der Waals surface area contributed by atoms with Gasteiger partial charge in [-0.3, -0.25) is 0 Å². The predicted octanol–water partition coefficient (Wildman–Crippen LogP) is 2.88. The fourth-order valence-corrected chi connectivity index (χ4v) is 1.33. The molecule has 1 nitrogen and oxygen atoms in total. The highest BCUT2D eigenvalue weighted by Gasteiger charge is 1.96. The number of rotatable bonds is 5. The third-order valence-corrected chi connectivity index (χ3v) is 2.39. The second-order valence-electron chi connectivity index (χ2n) is 3.35. The summed E-state index contributed by atoms with van der Waals surface area (Å²) in [6, 6.07) is 8.37. The Balaban J connectivity index is 2.48. The Morgan fingerprint density at radius 1 is 1.36 bits per heavy atom. The monoisotopic (exact) mass is 207 g/mol. The molecule has 2 heteroatoms. The minimum Gasteiger partial charge on any atom is -0.385 e. The van der Waals surface area contributed by atoms with Gasteiger partial charge in [-0.05, 0) is 24.7 Å². The number of aryl methyl sites for hydroxylation is 1. The molecular weight excluding hydrogens is 190 g/mol. The average molecular weight is 207 g/mol. The third kappa shape index (κ3) is 3.46. The van der Waals surface area contributed by atoms with Crippen LogP contribution in [-0.2, 0) is 0 Å². The lowest BCUT2D eigenvalue weighted by Crippen LogP contribution is -2.13. The predicted molar refractivity (Wildman–Crippen MR) is 66.7 cm³/mol. The summed E-state index contributed by atoms with van der Waals surface area (Å²) in [7, 11) is 0. The third-order valence-electron chi connectivity index (χ3n) is 2.07. The smallest absolute Gasteiger partial charge is 0.0340 e. The number of hydrogen-bond acceptors (Lipinski definition) is 2. The minimum absolute atomic E-state index is 0.911. The van der Waals surface area contributed by atoms with Crippen molar-refractivity contribution in [3.05, 3.63) is 42.0 Å². The molecule has 0 aliphatic rings. The normalized spacial score (nSPS) is 9.86. The minimum atomic E-state index is 0.911. The van der Waals surface area contributed by atoms with Crippen molar-refractivity contribution in [3.63, 3.8) is 0 Å². The van der Waals surface area contributed by atoms with Crippen LogP contribution in [0.25, 0.3) is 5.70 Å². The highest BCUT2D eigenvalue weighted by molar-refractivity contribution is 7.80. The van der Waals surface area contributed by atoms with Crippen molar-refractivity contribution in [1.82, 2.24) is 5.32 Å². The van der Waals surface area contributed by atoms with Crippen LogP contribution in [0.2, 0.25) is 0 Å². The van der Waals surface area contributed by atoms with E-state index < -0.39 is 0 Å². The first-order chi connectivity index (χ1) is 6.74. The molecule has 0 amide bonds. The summed E-state index contributed by atoms with van der Waals surface area (Å²) in [6.07, 6.45) is 1.06. The Labute approximate surface area is 91.6 Å². The maximum atomic E-state index is 4.15. The van der Waals surface area contributed by atoms with Gasteiger partial charge in [0, 0.05) is 12.2 Å². The van der Waals surface area contributed by atoms with Gasteiger partial charge in [0.2, 0.25) is 0 Å². The summed E-state index contributed by atoms with van der Waals surface area (Å²) >= 11 is 4.15. The van der Waals surface area contributed by atoms with Crippen LogP contribution in [0.15, 0.2) is 30.8 Å². The lowest BCUT2D eigenvalue weighted by atomic mass is 10.1. The zero-order valence-corrected chi connectivity index (χ0v) is 9.48. The highest BCUT2D eigenvalue weighted by atomic mass is 32.1. The van der Waals surface area contributed by atoms with E-state index >= 15 is 0 Å². The molecule has 0 aliphatic heterocycles. The SMILES string of the molecule is C=C(NCCCS)c1ccc(C)cc1. The maximum Gasteiger partial charge on any atom is 0.0340 e. The summed E-state index contributed by atoms with van der Waals surface area (Å²) in [5.74, 6) is 0.911. The molecule has 0 atom stereocenters. The van der Waals surface area contributed by atoms with Gasteiger partial charge in [0.25, 0.3) is 0 Å². The van der Waals surface area contributed by atoms with Gasteiger partial charge in [0.05, 0.1) is 0 Å². The van der Waals surface area contributed by atoms with Crippen molar-refractivity contribution in [2.24, 2.45) is 0 Å². The maximum absolute atomic E-state index is 4.15. The Bertz CT molecular complexity index is 290. The van der Waals surface area contributed by atoms with Crippen LogP contribution < -0.4 is 5.32 Å². The zero-order valence-electron chi connectivity index (χ0n) is 8.59. The van der Waals surface area contributed by atoms with Gasteiger partial charge in [-0.25, -0.2) is 0 Å². The van der Waals surface area contributed by atoms with Crippen LogP contribution >= 0.6 is 12.6 Å². The number of nitrogens with one attached hydrogen (secondary N) is 1. The first-order valence-corrected chi connectivity index (χ1v) is 5.48. The Hall–Kier alpha value is -0.890. The highest BCUT2D eigenvalue weighted by Crippen LogP contribution is 2.10. The van der Waals surface area contributed by atoms with E-state index in [-0.39, 0.29) is 0 Å². The lowest BCUT2D eigenvalue weighted by molar-refractivity contribution is 0.833. The first kappa shape index (κ1) is 11.2. The van der Waals surface area contributed by atoms with Crippen molar-refractivity contribution in [2.45, 2.75) is 13.3 Å². The molecule has 0 aliphatic carbocycles. The van der Waals surface area contributed by atoms with Crippen LogP contribution in [0.4, 0.5) is 0 Å². The summed E-state index contributed by atoms with van der Waals surface area (Å²) < 4.78 is 0. The molecular formula is C12H17NS. The largest absolute Gasteiger partial charge is 0.385 e. The molecule has 0 saturated carbocycles. The molecule has 1 N–H and O–H groups in total. The van der Waals surface area contributed by atoms with Crippen LogP contribution in [0.3, 0.4) is 0 Å². The van der Waals surface area contributed by atoms with Crippen LogP contribution in [0.1, 0.15) is 17.5 Å². The van der Waals surface area contributed by atoms with Crippen molar-refractivity contribution < 1.29 is 0 Å². The van der Waals surface area contributed by atoms with E-state index in [9.17, 15) is 0 Å². The van der Waals surface area contributed by atoms with Gasteiger partial charge in [0.15, 0.2) is 0 Å². The molecule has 1 aromatic carbocycles. The molecule has 0 heterocycles. The van der Waals surface area contributed by atoms with Gasteiger partial charge in [-0.1, -0.05) is 36.4 Å². The standard InChI is InChI=1S/C12H17NS/c1-10-4-6-12(7-5-10)11(2)13-8-3-9-14/h4-7,13-14H,2-3,8-9H2,1H3. The molecule has 14 heavy (non-hydrogen) atoms. The summed E-state index contributed by atoms with van der Waals surface area (Å²) in [5.41, 5.74) is 3.43. The van der Waals surface area contributed by atoms with Gasteiger partial charge in [-0.15, -0.1) is 0 Å². The van der Waals surface area contributed by atoms with E-state index in [1.165, 1.54) is 5.56 Å². The average Bonchev–Trinajstić information content (AvgIpc) is 2.19. The Morgan fingerprint density at radius 3 is 2.57 bits per heavy atom. The van der Waals surface area contributed by atoms with Crippen molar-refractivity contribution >= 4 is 18.3 Å². The number of benzene rings is 1. The Morgan fingerprint density at radius 2 is 2.00 bits per heavy atom. The van der Waals surface area contributed by atoms with Gasteiger partial charge in [-0.2, -0.15) is 12.6 Å². The van der Waals surface area contributed by atoms with Gasteiger partial charge in [0.1, 0.15) is 0 Å². The molecule has 0 saturated heterocycles.